The second-order valence-corrected chi connectivity index (χ2v) is 7.65. The highest BCUT2D eigenvalue weighted by Gasteiger charge is 2.60. The van der Waals surface area contributed by atoms with Gasteiger partial charge in [0, 0.05) is 13.1 Å². The van der Waals surface area contributed by atoms with Crippen LogP contribution in [0.4, 0.5) is 11.5 Å². The summed E-state index contributed by atoms with van der Waals surface area (Å²) in [7, 11) is 0. The second-order valence-electron chi connectivity index (χ2n) is 7.65. The van der Waals surface area contributed by atoms with E-state index in [1.54, 1.807) is 0 Å². The van der Waals surface area contributed by atoms with E-state index in [2.05, 4.69) is 55.0 Å². The highest BCUT2D eigenvalue weighted by Crippen LogP contribution is 2.59. The first-order valence-electron chi connectivity index (χ1n) is 8.56. The maximum absolute atomic E-state index is 12.5. The van der Waals surface area contributed by atoms with Crippen LogP contribution in [0.25, 0.3) is 0 Å². The fourth-order valence-electron chi connectivity index (χ4n) is 3.68. The summed E-state index contributed by atoms with van der Waals surface area (Å²) in [5.74, 6) is 1.10. The fraction of sp³-hybridized carbons (Fsp3) is 0.579. The van der Waals surface area contributed by atoms with Crippen molar-refractivity contribution >= 4 is 17.4 Å². The van der Waals surface area contributed by atoms with E-state index in [4.69, 9.17) is 0 Å². The number of rotatable bonds is 4. The molecule has 1 N–H and O–H groups in total. The normalized spacial score (nSPS) is 25.1. The molecule has 2 atom stereocenters. The molecule has 2 heterocycles. The van der Waals surface area contributed by atoms with Crippen LogP contribution in [-0.4, -0.2) is 24.0 Å². The van der Waals surface area contributed by atoms with Gasteiger partial charge in [-0.2, -0.15) is 0 Å². The third-order valence-electron chi connectivity index (χ3n) is 5.18. The van der Waals surface area contributed by atoms with Crippen LogP contribution in [0, 0.1) is 17.3 Å². The van der Waals surface area contributed by atoms with Crippen LogP contribution < -0.4 is 10.2 Å². The topological polar surface area (TPSA) is 45.2 Å². The van der Waals surface area contributed by atoms with Gasteiger partial charge in [0.15, 0.2) is 0 Å². The quantitative estimate of drug-likeness (QED) is 0.859. The third-order valence-corrected chi connectivity index (χ3v) is 5.18. The lowest BCUT2D eigenvalue weighted by molar-refractivity contribution is -0.118. The minimum atomic E-state index is 0.0385. The van der Waals surface area contributed by atoms with E-state index in [9.17, 15) is 4.79 Å². The molecule has 1 aliphatic heterocycles. The maximum Gasteiger partial charge on any atom is 0.229 e. The number of aromatic nitrogens is 1. The Bertz CT molecular complexity index is 608. The van der Waals surface area contributed by atoms with Gasteiger partial charge in [0.2, 0.25) is 5.91 Å². The lowest BCUT2D eigenvalue weighted by atomic mass is 10.1. The molecule has 1 amide bonds. The third kappa shape index (κ3) is 3.26. The Labute approximate surface area is 139 Å². The van der Waals surface area contributed by atoms with Crippen LogP contribution in [0.5, 0.6) is 0 Å². The molecule has 124 valence electrons. The van der Waals surface area contributed by atoms with Gasteiger partial charge in [-0.3, -0.25) is 4.79 Å². The Balaban J connectivity index is 1.63. The molecule has 0 aromatic carbocycles. The lowest BCUT2D eigenvalue weighted by Crippen LogP contribution is -2.19. The SMILES string of the molecule is CC(C)=CC1C(C(=O)Nc2ccc(N3CCCC3)cn2)C1(C)C. The van der Waals surface area contributed by atoms with Crippen molar-refractivity contribution in [1.82, 2.24) is 4.98 Å². The summed E-state index contributed by atoms with van der Waals surface area (Å²) in [6.45, 7) is 10.7. The summed E-state index contributed by atoms with van der Waals surface area (Å²) in [6, 6.07) is 3.97. The van der Waals surface area contributed by atoms with Crippen LogP contribution in [-0.2, 0) is 4.79 Å². The maximum atomic E-state index is 12.5. The molecule has 23 heavy (non-hydrogen) atoms. The first-order chi connectivity index (χ1) is 10.9. The Kier molecular flexibility index (Phi) is 4.17. The summed E-state index contributed by atoms with van der Waals surface area (Å²) in [5.41, 5.74) is 2.46. The predicted octanol–water partition coefficient (Wildman–Crippen LogP) is 3.86. The van der Waals surface area contributed by atoms with Crippen LogP contribution in [0.3, 0.4) is 0 Å². The minimum absolute atomic E-state index is 0.0385. The van der Waals surface area contributed by atoms with Gasteiger partial charge in [0.1, 0.15) is 5.82 Å². The molecule has 2 unspecified atom stereocenters. The summed E-state index contributed by atoms with van der Waals surface area (Å²) in [5, 5.41) is 2.98. The van der Waals surface area contributed by atoms with E-state index in [-0.39, 0.29) is 17.2 Å². The predicted molar refractivity (Wildman–Crippen MR) is 94.5 cm³/mol. The molecule has 1 aliphatic carbocycles. The number of nitrogens with zero attached hydrogens (tertiary/aromatic N) is 2. The van der Waals surface area contributed by atoms with Crippen molar-refractivity contribution < 1.29 is 4.79 Å². The number of nitrogens with one attached hydrogen (secondary N) is 1. The Hall–Kier alpha value is -1.84. The highest BCUT2D eigenvalue weighted by atomic mass is 16.2. The van der Waals surface area contributed by atoms with E-state index < -0.39 is 0 Å². The van der Waals surface area contributed by atoms with Crippen molar-refractivity contribution in [1.29, 1.82) is 0 Å². The minimum Gasteiger partial charge on any atom is -0.370 e. The van der Waals surface area contributed by atoms with E-state index in [0.29, 0.717) is 11.7 Å². The molecule has 0 radical (unpaired) electrons. The Morgan fingerprint density at radius 3 is 2.57 bits per heavy atom. The van der Waals surface area contributed by atoms with Crippen molar-refractivity contribution in [2.45, 2.75) is 40.5 Å². The first kappa shape index (κ1) is 16.0. The number of carbonyl (C=O) groups excluding carboxylic acids is 1. The van der Waals surface area contributed by atoms with Crippen LogP contribution in [0.2, 0.25) is 0 Å². The van der Waals surface area contributed by atoms with Gasteiger partial charge in [-0.25, -0.2) is 4.98 Å². The summed E-state index contributed by atoms with van der Waals surface area (Å²) >= 11 is 0. The number of anilines is 2. The molecule has 0 spiro atoms. The number of hydrogen-bond donors (Lipinski definition) is 1. The van der Waals surface area contributed by atoms with Gasteiger partial charge in [-0.1, -0.05) is 25.5 Å². The van der Waals surface area contributed by atoms with Gasteiger partial charge in [-0.05, 0) is 50.2 Å². The zero-order chi connectivity index (χ0) is 16.6. The molecule has 1 aromatic rings. The average molecular weight is 313 g/mol. The molecular weight excluding hydrogens is 286 g/mol. The van der Waals surface area contributed by atoms with E-state index in [1.165, 1.54) is 18.4 Å². The van der Waals surface area contributed by atoms with Crippen molar-refractivity contribution in [2.24, 2.45) is 17.3 Å². The van der Waals surface area contributed by atoms with Crippen LogP contribution in [0.1, 0.15) is 40.5 Å². The first-order valence-corrected chi connectivity index (χ1v) is 8.56. The van der Waals surface area contributed by atoms with Crippen LogP contribution in [0.15, 0.2) is 30.0 Å². The van der Waals surface area contributed by atoms with E-state index >= 15 is 0 Å². The van der Waals surface area contributed by atoms with E-state index in [1.807, 2.05) is 12.3 Å². The zero-order valence-corrected chi connectivity index (χ0v) is 14.6. The lowest BCUT2D eigenvalue weighted by Gasteiger charge is -2.17. The van der Waals surface area contributed by atoms with Gasteiger partial charge in [-0.15, -0.1) is 0 Å². The molecule has 3 rings (SSSR count). The largest absolute Gasteiger partial charge is 0.370 e. The van der Waals surface area contributed by atoms with Crippen LogP contribution >= 0.6 is 0 Å². The molecule has 1 aromatic heterocycles. The van der Waals surface area contributed by atoms with Crippen molar-refractivity contribution in [3.8, 4) is 0 Å². The highest BCUT2D eigenvalue weighted by molar-refractivity contribution is 5.95. The number of allylic oxidation sites excluding steroid dienone is 2. The van der Waals surface area contributed by atoms with Gasteiger partial charge in [0.05, 0.1) is 17.8 Å². The van der Waals surface area contributed by atoms with Crippen molar-refractivity contribution in [2.75, 3.05) is 23.3 Å². The zero-order valence-electron chi connectivity index (χ0n) is 14.6. The monoisotopic (exact) mass is 313 g/mol. The molecule has 4 heteroatoms. The molecule has 4 nitrogen and oxygen atoms in total. The average Bonchev–Trinajstić information content (AvgIpc) is 2.88. The molecule has 1 saturated heterocycles. The molecule has 1 saturated carbocycles. The number of amides is 1. The number of carbonyl (C=O) groups is 1. The summed E-state index contributed by atoms with van der Waals surface area (Å²) in [4.78, 5) is 19.3. The standard InChI is InChI=1S/C19H27N3O/c1-13(2)11-15-17(19(15,3)4)18(23)21-16-8-7-14(12-20-16)22-9-5-6-10-22/h7-8,11-12,15,17H,5-6,9-10H2,1-4H3,(H,20,21,23). The van der Waals surface area contributed by atoms with Gasteiger partial charge in [0.25, 0.3) is 0 Å². The summed E-state index contributed by atoms with van der Waals surface area (Å²) < 4.78 is 0. The van der Waals surface area contributed by atoms with E-state index in [0.717, 1.165) is 18.8 Å². The molecule has 2 fully saturated rings. The smallest absolute Gasteiger partial charge is 0.229 e. The number of pyridine rings is 1. The Morgan fingerprint density at radius 2 is 2.00 bits per heavy atom. The van der Waals surface area contributed by atoms with Crippen molar-refractivity contribution in [3.63, 3.8) is 0 Å². The van der Waals surface area contributed by atoms with Gasteiger partial charge < -0.3 is 10.2 Å². The fourth-order valence-corrected chi connectivity index (χ4v) is 3.68. The molecular formula is C19H27N3O. The molecule has 2 aliphatic rings. The number of hydrogen-bond acceptors (Lipinski definition) is 3. The second kappa shape index (κ2) is 5.99. The van der Waals surface area contributed by atoms with Crippen molar-refractivity contribution in [3.05, 3.63) is 30.0 Å². The summed E-state index contributed by atoms with van der Waals surface area (Å²) in [6.07, 6.45) is 6.59. The Morgan fingerprint density at radius 1 is 1.30 bits per heavy atom. The molecule has 0 bridgehead atoms. The van der Waals surface area contributed by atoms with Gasteiger partial charge >= 0.3 is 0 Å².